The number of nitrogens with zero attached hydrogens (tertiary/aromatic N) is 3. The second-order valence-corrected chi connectivity index (χ2v) is 7.79. The first kappa shape index (κ1) is 23.0. The van der Waals surface area contributed by atoms with Gasteiger partial charge in [-0.2, -0.15) is 0 Å². The second-order valence-electron chi connectivity index (χ2n) is 7.79. The van der Waals surface area contributed by atoms with Crippen LogP contribution in [0.4, 0.5) is 15.0 Å². The second kappa shape index (κ2) is 9.47. The van der Waals surface area contributed by atoms with Gasteiger partial charge in [0.2, 0.25) is 5.78 Å². The highest BCUT2D eigenvalue weighted by molar-refractivity contribution is 6.51. The zero-order valence-corrected chi connectivity index (χ0v) is 17.7. The number of hydrogen-bond donors (Lipinski definition) is 1. The Balaban J connectivity index is 2.43. The van der Waals surface area contributed by atoms with Crippen LogP contribution in [0.3, 0.4) is 0 Å². The van der Waals surface area contributed by atoms with Crippen LogP contribution in [-0.2, 0) is 4.74 Å². The minimum Gasteiger partial charge on any atom is -0.443 e. The third kappa shape index (κ3) is 5.62. The number of Topliss-reactive ketones (excluding diaryl/α,β-unsaturated/α-hetero) is 1. The first-order chi connectivity index (χ1) is 14.1. The fourth-order valence-electron chi connectivity index (χ4n) is 2.66. The molecule has 0 saturated heterocycles. The van der Waals surface area contributed by atoms with Crippen LogP contribution < -0.4 is 4.90 Å². The van der Waals surface area contributed by atoms with Crippen LogP contribution in [0.15, 0.2) is 47.8 Å². The van der Waals surface area contributed by atoms with E-state index in [0.717, 1.165) is 12.1 Å². The van der Waals surface area contributed by atoms with E-state index in [-0.39, 0.29) is 28.7 Å². The van der Waals surface area contributed by atoms with Crippen molar-refractivity contribution < 1.29 is 23.9 Å². The summed E-state index contributed by atoms with van der Waals surface area (Å²) in [6, 6.07) is 7.63. The van der Waals surface area contributed by atoms with Crippen LogP contribution in [0, 0.1) is 5.82 Å². The molecule has 160 valence electrons. The number of anilines is 1. The van der Waals surface area contributed by atoms with Crippen LogP contribution in [0.2, 0.25) is 0 Å². The smallest absolute Gasteiger partial charge is 0.416 e. The molecule has 0 aliphatic carbocycles. The number of carbonyl (C=O) groups excluding carboxylic acids is 2. The lowest BCUT2D eigenvalue weighted by molar-refractivity contribution is 0.0565. The number of benzene rings is 1. The van der Waals surface area contributed by atoms with Crippen molar-refractivity contribution in [3.05, 3.63) is 59.5 Å². The number of rotatable bonds is 6. The molecule has 1 N–H and O–H groups in total. The maximum atomic E-state index is 13.2. The van der Waals surface area contributed by atoms with Crippen molar-refractivity contribution in [2.24, 2.45) is 5.16 Å². The summed E-state index contributed by atoms with van der Waals surface area (Å²) in [6.45, 7) is 9.07. The summed E-state index contributed by atoms with van der Waals surface area (Å²) in [5.41, 5.74) is -0.530. The average Bonchev–Trinajstić information content (AvgIpc) is 2.68. The highest BCUT2D eigenvalue weighted by atomic mass is 19.1. The number of carbonyl (C=O) groups is 2. The van der Waals surface area contributed by atoms with Gasteiger partial charge in [0.1, 0.15) is 17.2 Å². The SMILES string of the molecule is CCC(C)N(C(=O)OC(C)(C)C)c1cc(/C(=N\O)C(=O)c2ccc(F)cc2)ccn1. The molecule has 0 bridgehead atoms. The largest absolute Gasteiger partial charge is 0.443 e. The fourth-order valence-corrected chi connectivity index (χ4v) is 2.66. The zero-order chi connectivity index (χ0) is 22.5. The number of ether oxygens (including phenoxy) is 1. The van der Waals surface area contributed by atoms with E-state index < -0.39 is 23.3 Å². The number of halogens is 1. The van der Waals surface area contributed by atoms with Crippen molar-refractivity contribution in [2.75, 3.05) is 4.90 Å². The Morgan fingerprint density at radius 1 is 1.20 bits per heavy atom. The topological polar surface area (TPSA) is 92.1 Å². The van der Waals surface area contributed by atoms with Gasteiger partial charge in [-0.3, -0.25) is 9.69 Å². The van der Waals surface area contributed by atoms with Gasteiger partial charge >= 0.3 is 6.09 Å². The molecule has 30 heavy (non-hydrogen) atoms. The maximum absolute atomic E-state index is 13.2. The number of oxime groups is 1. The van der Waals surface area contributed by atoms with Gasteiger partial charge in [-0.25, -0.2) is 14.2 Å². The summed E-state index contributed by atoms with van der Waals surface area (Å²) in [6.07, 6.45) is 1.47. The van der Waals surface area contributed by atoms with E-state index in [9.17, 15) is 19.2 Å². The predicted molar refractivity (Wildman–Crippen MR) is 112 cm³/mol. The Bertz CT molecular complexity index is 936. The van der Waals surface area contributed by atoms with E-state index in [2.05, 4.69) is 10.1 Å². The van der Waals surface area contributed by atoms with E-state index in [0.29, 0.717) is 6.42 Å². The van der Waals surface area contributed by atoms with Crippen LogP contribution in [-0.4, -0.2) is 39.4 Å². The summed E-state index contributed by atoms with van der Waals surface area (Å²) < 4.78 is 18.6. The van der Waals surface area contributed by atoms with E-state index in [4.69, 9.17) is 4.74 Å². The molecule has 7 nitrogen and oxygen atoms in total. The zero-order valence-electron chi connectivity index (χ0n) is 17.7. The van der Waals surface area contributed by atoms with Crippen molar-refractivity contribution >= 4 is 23.4 Å². The molecule has 2 aromatic rings. The lowest BCUT2D eigenvalue weighted by atomic mass is 10.0. The number of aromatic nitrogens is 1. The minimum absolute atomic E-state index is 0.161. The predicted octanol–water partition coefficient (Wildman–Crippen LogP) is 4.82. The van der Waals surface area contributed by atoms with Crippen molar-refractivity contribution in [1.82, 2.24) is 4.98 Å². The third-order valence-electron chi connectivity index (χ3n) is 4.31. The number of amides is 1. The maximum Gasteiger partial charge on any atom is 0.416 e. The van der Waals surface area contributed by atoms with Crippen LogP contribution in [0.25, 0.3) is 0 Å². The van der Waals surface area contributed by atoms with Gasteiger partial charge in [0.05, 0.1) is 0 Å². The Morgan fingerprint density at radius 3 is 2.37 bits per heavy atom. The molecule has 0 fully saturated rings. The Hall–Kier alpha value is -3.29. The molecular formula is C22H26FN3O4. The highest BCUT2D eigenvalue weighted by Crippen LogP contribution is 2.22. The molecule has 8 heteroatoms. The molecule has 0 spiro atoms. The van der Waals surface area contributed by atoms with Gasteiger partial charge in [-0.1, -0.05) is 12.1 Å². The third-order valence-corrected chi connectivity index (χ3v) is 4.31. The fraction of sp³-hybridized carbons (Fsp3) is 0.364. The molecule has 1 unspecified atom stereocenters. The van der Waals surface area contributed by atoms with Gasteiger partial charge in [0, 0.05) is 23.4 Å². The quantitative estimate of drug-likeness (QED) is 0.316. The molecule has 0 radical (unpaired) electrons. The standard InChI is InChI=1S/C22H26FN3O4/c1-6-14(2)26(21(28)30-22(3,4)5)18-13-16(11-12-24-18)19(25-29)20(27)15-7-9-17(23)10-8-15/h7-14,29H,6H2,1-5H3/b25-19+. The molecule has 0 aliphatic heterocycles. The molecular weight excluding hydrogens is 389 g/mol. The molecule has 2 rings (SSSR count). The van der Waals surface area contributed by atoms with Gasteiger partial charge in [0.15, 0.2) is 5.71 Å². The average molecular weight is 415 g/mol. The van der Waals surface area contributed by atoms with E-state index >= 15 is 0 Å². The summed E-state index contributed by atoms with van der Waals surface area (Å²) >= 11 is 0. The Morgan fingerprint density at radius 2 is 1.83 bits per heavy atom. The van der Waals surface area contributed by atoms with E-state index in [1.165, 1.54) is 35.4 Å². The minimum atomic E-state index is -0.698. The molecule has 0 aliphatic rings. The summed E-state index contributed by atoms with van der Waals surface area (Å²) in [4.78, 5) is 31.2. The van der Waals surface area contributed by atoms with Gasteiger partial charge in [-0.05, 0) is 70.5 Å². The molecule has 1 atom stereocenters. The molecule has 1 aromatic heterocycles. The van der Waals surface area contributed by atoms with Crippen molar-refractivity contribution in [3.8, 4) is 0 Å². The first-order valence-electron chi connectivity index (χ1n) is 9.58. The van der Waals surface area contributed by atoms with E-state index in [1.54, 1.807) is 20.8 Å². The van der Waals surface area contributed by atoms with Crippen LogP contribution in [0.1, 0.15) is 57.0 Å². The van der Waals surface area contributed by atoms with Crippen molar-refractivity contribution in [2.45, 2.75) is 52.7 Å². The van der Waals surface area contributed by atoms with E-state index in [1.807, 2.05) is 13.8 Å². The first-order valence-corrected chi connectivity index (χ1v) is 9.58. The monoisotopic (exact) mass is 415 g/mol. The van der Waals surface area contributed by atoms with Crippen LogP contribution in [0.5, 0.6) is 0 Å². The summed E-state index contributed by atoms with van der Waals surface area (Å²) in [7, 11) is 0. The van der Waals surface area contributed by atoms with Gasteiger partial charge in [0.25, 0.3) is 0 Å². The van der Waals surface area contributed by atoms with Gasteiger partial charge < -0.3 is 9.94 Å². The Labute approximate surface area is 175 Å². The number of hydrogen-bond acceptors (Lipinski definition) is 6. The summed E-state index contributed by atoms with van der Waals surface area (Å²) in [5, 5.41) is 12.6. The Kier molecular flexibility index (Phi) is 7.26. The molecule has 1 aromatic carbocycles. The number of ketones is 1. The van der Waals surface area contributed by atoms with Crippen molar-refractivity contribution in [1.29, 1.82) is 0 Å². The molecule has 1 amide bonds. The van der Waals surface area contributed by atoms with Crippen molar-refractivity contribution in [3.63, 3.8) is 0 Å². The highest BCUT2D eigenvalue weighted by Gasteiger charge is 2.28. The molecule has 1 heterocycles. The number of pyridine rings is 1. The lowest BCUT2D eigenvalue weighted by Crippen LogP contribution is -2.42. The summed E-state index contributed by atoms with van der Waals surface area (Å²) in [5.74, 6) is -0.826. The van der Waals surface area contributed by atoms with Gasteiger partial charge in [-0.15, -0.1) is 0 Å². The molecule has 0 saturated carbocycles. The normalized spacial score (nSPS) is 12.9. The van der Waals surface area contributed by atoms with Crippen LogP contribution >= 0.6 is 0 Å². The lowest BCUT2D eigenvalue weighted by Gasteiger charge is -2.30.